The number of hydrogen-bond donors (Lipinski definition) is 1. The fourth-order valence-corrected chi connectivity index (χ4v) is 9.08. The van der Waals surface area contributed by atoms with Gasteiger partial charge in [0, 0.05) is 36.0 Å². The lowest BCUT2D eigenvalue weighted by atomic mass is 9.38. The first kappa shape index (κ1) is 25.4. The van der Waals surface area contributed by atoms with Gasteiger partial charge in [-0.15, -0.1) is 0 Å². The van der Waals surface area contributed by atoms with Crippen LogP contribution in [0.25, 0.3) is 0 Å². The second-order valence-corrected chi connectivity index (χ2v) is 13.6. The Morgan fingerprint density at radius 2 is 1.83 bits per heavy atom. The normalized spacial score (nSPS) is 45.1. The number of aliphatic hydroxyl groups is 1. The second kappa shape index (κ2) is 7.87. The fourth-order valence-electron chi connectivity index (χ4n) is 9.08. The SMILES string of the molecule is CC(=O)OCC12CCC3C4(C)CCC5CC(=O)C(C#N)=CC5(C)C4=CC(=O)C3(O)C1CC(C)(C)CC2. The topological polar surface area (TPSA) is 104 Å². The molecule has 5 rings (SSSR count). The number of carbonyl (C=O) groups excluding carboxylic acids is 3. The number of carbonyl (C=O) groups is 3. The van der Waals surface area contributed by atoms with E-state index in [2.05, 4.69) is 33.8 Å². The van der Waals surface area contributed by atoms with Crippen LogP contribution in [0.1, 0.15) is 86.0 Å². The first-order chi connectivity index (χ1) is 16.7. The van der Waals surface area contributed by atoms with E-state index in [1.54, 1.807) is 6.08 Å². The molecule has 0 spiro atoms. The van der Waals surface area contributed by atoms with E-state index >= 15 is 0 Å². The Hall–Kier alpha value is -2.26. The molecule has 5 aliphatic rings. The van der Waals surface area contributed by atoms with E-state index in [1.165, 1.54) is 6.92 Å². The number of esters is 1. The maximum absolute atomic E-state index is 14.1. The molecule has 36 heavy (non-hydrogen) atoms. The largest absolute Gasteiger partial charge is 0.465 e. The summed E-state index contributed by atoms with van der Waals surface area (Å²) in [5, 5.41) is 22.2. The maximum Gasteiger partial charge on any atom is 0.302 e. The Bertz CT molecular complexity index is 1140. The van der Waals surface area contributed by atoms with Crippen molar-refractivity contribution in [3.63, 3.8) is 0 Å². The number of fused-ring (bicyclic) bond motifs is 7. The van der Waals surface area contributed by atoms with Gasteiger partial charge in [0.15, 0.2) is 11.6 Å². The van der Waals surface area contributed by atoms with Gasteiger partial charge in [0.2, 0.25) is 0 Å². The number of nitriles is 1. The van der Waals surface area contributed by atoms with Crippen LogP contribution in [-0.2, 0) is 19.1 Å². The number of nitrogens with zero attached hydrogens (tertiary/aromatic N) is 1. The molecular weight excluding hydrogens is 454 g/mol. The van der Waals surface area contributed by atoms with Crippen molar-refractivity contribution in [1.82, 2.24) is 0 Å². The van der Waals surface area contributed by atoms with Crippen LogP contribution >= 0.6 is 0 Å². The van der Waals surface area contributed by atoms with Gasteiger partial charge in [-0.25, -0.2) is 0 Å². The van der Waals surface area contributed by atoms with E-state index in [-0.39, 0.29) is 52.9 Å². The van der Waals surface area contributed by atoms with E-state index in [4.69, 9.17) is 4.74 Å². The molecular formula is C30H39NO5. The third-order valence-corrected chi connectivity index (χ3v) is 11.1. The van der Waals surface area contributed by atoms with Gasteiger partial charge in [-0.3, -0.25) is 14.4 Å². The standard InChI is InChI=1S/C30H39NO5/c1-18(32)36-17-29-9-7-22-27(4)8-6-20-12-21(33)19(16-31)14-28(20,5)23(27)13-25(34)30(22,35)24(29)15-26(2,3)10-11-29/h13-14,20,22,24,35H,6-12,15,17H2,1-5H3. The minimum atomic E-state index is -1.52. The highest BCUT2D eigenvalue weighted by Gasteiger charge is 2.70. The molecule has 6 heteroatoms. The Morgan fingerprint density at radius 3 is 2.50 bits per heavy atom. The van der Waals surface area contributed by atoms with Crippen molar-refractivity contribution in [2.24, 2.45) is 39.4 Å². The number of ether oxygens (including phenoxy) is 1. The molecule has 0 bridgehead atoms. The smallest absolute Gasteiger partial charge is 0.302 e. The zero-order valence-corrected chi connectivity index (χ0v) is 22.3. The highest BCUT2D eigenvalue weighted by Crippen LogP contribution is 2.70. The average molecular weight is 494 g/mol. The van der Waals surface area contributed by atoms with Crippen LogP contribution in [0.3, 0.4) is 0 Å². The summed E-state index contributed by atoms with van der Waals surface area (Å²) in [6, 6.07) is 2.08. The van der Waals surface area contributed by atoms with E-state index < -0.39 is 21.8 Å². The molecule has 6 nitrogen and oxygen atoms in total. The summed E-state index contributed by atoms with van der Waals surface area (Å²) < 4.78 is 5.58. The fraction of sp³-hybridized carbons (Fsp3) is 0.733. The number of ketones is 2. The van der Waals surface area contributed by atoms with Crippen molar-refractivity contribution >= 4 is 17.5 Å². The van der Waals surface area contributed by atoms with Gasteiger partial charge >= 0.3 is 5.97 Å². The number of rotatable bonds is 2. The summed E-state index contributed by atoms with van der Waals surface area (Å²) in [4.78, 5) is 38.4. The lowest BCUT2D eigenvalue weighted by Crippen LogP contribution is -2.69. The van der Waals surface area contributed by atoms with E-state index in [0.717, 1.165) is 37.7 Å². The van der Waals surface area contributed by atoms with E-state index in [9.17, 15) is 24.8 Å². The van der Waals surface area contributed by atoms with Gasteiger partial charge in [-0.2, -0.15) is 5.26 Å². The van der Waals surface area contributed by atoms with Crippen molar-refractivity contribution < 1.29 is 24.2 Å². The lowest BCUT2D eigenvalue weighted by Gasteiger charge is -2.66. The number of hydrogen-bond acceptors (Lipinski definition) is 6. The molecule has 194 valence electrons. The van der Waals surface area contributed by atoms with E-state index in [1.807, 2.05) is 6.08 Å². The van der Waals surface area contributed by atoms with Gasteiger partial charge in [0.1, 0.15) is 11.7 Å². The summed E-state index contributed by atoms with van der Waals surface area (Å²) in [5.41, 5.74) is -1.76. The molecule has 3 saturated carbocycles. The summed E-state index contributed by atoms with van der Waals surface area (Å²) in [6.07, 6.45) is 9.43. The van der Waals surface area contributed by atoms with Crippen LogP contribution in [0.5, 0.6) is 0 Å². The molecule has 1 N–H and O–H groups in total. The number of Topliss-reactive ketones (excluding diaryl/α,β-unsaturated/α-hetero) is 1. The van der Waals surface area contributed by atoms with Crippen LogP contribution in [0.15, 0.2) is 23.3 Å². The second-order valence-electron chi connectivity index (χ2n) is 13.6. The third kappa shape index (κ3) is 3.34. The molecule has 0 aromatic carbocycles. The Morgan fingerprint density at radius 1 is 1.11 bits per heavy atom. The molecule has 0 radical (unpaired) electrons. The zero-order chi connectivity index (χ0) is 26.3. The predicted molar refractivity (Wildman–Crippen MR) is 133 cm³/mol. The van der Waals surface area contributed by atoms with E-state index in [0.29, 0.717) is 19.3 Å². The van der Waals surface area contributed by atoms with Crippen LogP contribution in [0.4, 0.5) is 0 Å². The minimum Gasteiger partial charge on any atom is -0.465 e. The lowest BCUT2D eigenvalue weighted by molar-refractivity contribution is -0.218. The number of allylic oxidation sites excluding steroid dienone is 3. The molecule has 0 aromatic rings. The van der Waals surface area contributed by atoms with Gasteiger partial charge in [-0.1, -0.05) is 39.3 Å². The molecule has 5 aliphatic carbocycles. The Labute approximate surface area is 214 Å². The van der Waals surface area contributed by atoms with Crippen LogP contribution < -0.4 is 0 Å². The minimum absolute atomic E-state index is 0.0228. The molecule has 7 atom stereocenters. The van der Waals surface area contributed by atoms with Crippen LogP contribution in [0.2, 0.25) is 0 Å². The summed E-state index contributed by atoms with van der Waals surface area (Å²) >= 11 is 0. The molecule has 3 fully saturated rings. The molecule has 0 aliphatic heterocycles. The van der Waals surface area contributed by atoms with Gasteiger partial charge in [0.25, 0.3) is 0 Å². The molecule has 0 heterocycles. The maximum atomic E-state index is 14.1. The van der Waals surface area contributed by atoms with Crippen molar-refractivity contribution in [3.05, 3.63) is 23.3 Å². The van der Waals surface area contributed by atoms with Crippen molar-refractivity contribution in [1.29, 1.82) is 5.26 Å². The summed E-state index contributed by atoms with van der Waals surface area (Å²) in [5.74, 6) is -1.18. The summed E-state index contributed by atoms with van der Waals surface area (Å²) in [7, 11) is 0. The molecule has 0 saturated heterocycles. The van der Waals surface area contributed by atoms with Gasteiger partial charge in [-0.05, 0) is 67.8 Å². The zero-order valence-electron chi connectivity index (χ0n) is 22.3. The van der Waals surface area contributed by atoms with Gasteiger partial charge in [0.05, 0.1) is 12.2 Å². The summed E-state index contributed by atoms with van der Waals surface area (Å²) in [6.45, 7) is 10.3. The van der Waals surface area contributed by atoms with Crippen LogP contribution in [0, 0.1) is 50.7 Å². The molecule has 0 amide bonds. The quantitative estimate of drug-likeness (QED) is 0.551. The monoisotopic (exact) mass is 493 g/mol. The van der Waals surface area contributed by atoms with Crippen molar-refractivity contribution in [3.8, 4) is 6.07 Å². The predicted octanol–water partition coefficient (Wildman–Crippen LogP) is 4.86. The highest BCUT2D eigenvalue weighted by atomic mass is 16.5. The third-order valence-electron chi connectivity index (χ3n) is 11.1. The first-order valence-electron chi connectivity index (χ1n) is 13.5. The van der Waals surface area contributed by atoms with Crippen LogP contribution in [-0.4, -0.2) is 34.9 Å². The Balaban J connectivity index is 1.64. The van der Waals surface area contributed by atoms with Crippen molar-refractivity contribution in [2.75, 3.05) is 6.61 Å². The Kier molecular flexibility index (Phi) is 5.55. The highest BCUT2D eigenvalue weighted by molar-refractivity contribution is 6.02. The molecule has 7 unspecified atom stereocenters. The first-order valence-corrected chi connectivity index (χ1v) is 13.5. The van der Waals surface area contributed by atoms with Crippen molar-refractivity contribution in [2.45, 2.75) is 91.6 Å². The molecule has 0 aromatic heterocycles. The van der Waals surface area contributed by atoms with Gasteiger partial charge < -0.3 is 9.84 Å². The average Bonchev–Trinajstić information content (AvgIpc) is 2.80.